The fraction of sp³-hybridized carbons (Fsp3) is 0.429. The number of carbonyl (C=O) groups excluding carboxylic acids is 2. The van der Waals surface area contributed by atoms with E-state index in [1.54, 1.807) is 11.0 Å². The van der Waals surface area contributed by atoms with Crippen molar-refractivity contribution in [3.05, 3.63) is 60.2 Å². The average Bonchev–Trinajstić information content (AvgIpc) is 2.83. The van der Waals surface area contributed by atoms with Crippen LogP contribution in [-0.4, -0.2) is 49.6 Å². The van der Waals surface area contributed by atoms with Crippen molar-refractivity contribution in [1.82, 2.24) is 10.2 Å². The van der Waals surface area contributed by atoms with Gasteiger partial charge in [0.2, 0.25) is 0 Å². The van der Waals surface area contributed by atoms with Crippen LogP contribution in [0.5, 0.6) is 5.75 Å². The molecule has 7 nitrogen and oxygen atoms in total. The molecule has 7 heteroatoms. The number of nitrogens with zero attached hydrogens (tertiary/aromatic N) is 2. The highest BCUT2D eigenvalue weighted by Crippen LogP contribution is 2.34. The summed E-state index contributed by atoms with van der Waals surface area (Å²) in [5, 5.41) is 5.98. The van der Waals surface area contributed by atoms with E-state index in [2.05, 4.69) is 22.1 Å². The fourth-order valence-electron chi connectivity index (χ4n) is 4.64. The molecular weight excluding hydrogens is 440 g/mol. The number of ether oxygens (including phenoxy) is 1. The van der Waals surface area contributed by atoms with Crippen molar-refractivity contribution in [3.63, 3.8) is 0 Å². The molecule has 2 aliphatic heterocycles. The second-order valence-electron chi connectivity index (χ2n) is 9.98. The van der Waals surface area contributed by atoms with Crippen LogP contribution in [0.1, 0.15) is 51.2 Å². The highest BCUT2D eigenvalue weighted by Gasteiger charge is 2.27. The van der Waals surface area contributed by atoms with Gasteiger partial charge in [-0.25, -0.2) is 4.79 Å². The summed E-state index contributed by atoms with van der Waals surface area (Å²) < 4.78 is 5.65. The average molecular weight is 477 g/mol. The van der Waals surface area contributed by atoms with Crippen LogP contribution >= 0.6 is 0 Å². The van der Waals surface area contributed by atoms with E-state index in [1.165, 1.54) is 19.3 Å². The van der Waals surface area contributed by atoms with Crippen LogP contribution in [0.2, 0.25) is 0 Å². The third-order valence-corrected chi connectivity index (χ3v) is 6.75. The van der Waals surface area contributed by atoms with Gasteiger partial charge in [0.1, 0.15) is 5.75 Å². The number of fused-ring (bicyclic) bond motifs is 1. The van der Waals surface area contributed by atoms with Crippen LogP contribution < -0.4 is 20.3 Å². The Hall–Kier alpha value is -3.32. The number of hydrogen-bond acceptors (Lipinski definition) is 4. The van der Waals surface area contributed by atoms with Crippen molar-refractivity contribution in [2.75, 3.05) is 43.0 Å². The first-order valence-electron chi connectivity index (χ1n) is 12.4. The van der Waals surface area contributed by atoms with Crippen molar-refractivity contribution in [2.24, 2.45) is 0 Å². The lowest BCUT2D eigenvalue weighted by molar-refractivity contribution is -0.121. The van der Waals surface area contributed by atoms with E-state index in [0.717, 1.165) is 36.3 Å². The van der Waals surface area contributed by atoms with Gasteiger partial charge in [-0.15, -0.1) is 0 Å². The number of nitrogens with one attached hydrogen (secondary N) is 2. The summed E-state index contributed by atoms with van der Waals surface area (Å²) in [5.41, 5.74) is 3.72. The number of likely N-dealkylation sites (tertiary alicyclic amines) is 1. The molecule has 0 aliphatic carbocycles. The maximum atomic E-state index is 12.9. The van der Waals surface area contributed by atoms with Crippen LogP contribution in [0.3, 0.4) is 0 Å². The molecular formula is C28H36N4O3. The first-order valence-corrected chi connectivity index (χ1v) is 12.4. The van der Waals surface area contributed by atoms with E-state index in [9.17, 15) is 9.59 Å². The van der Waals surface area contributed by atoms with Gasteiger partial charge < -0.3 is 25.2 Å². The van der Waals surface area contributed by atoms with Crippen molar-refractivity contribution in [2.45, 2.75) is 45.6 Å². The SMILES string of the molecule is C=C(C)c1cccc(C(C)(C)NC(=O)Nc2ccc3c(c2)N(CCN2CCCCC2)C(=O)CO3)c1. The van der Waals surface area contributed by atoms with Gasteiger partial charge in [-0.1, -0.05) is 36.8 Å². The lowest BCUT2D eigenvalue weighted by Gasteiger charge is -2.33. The zero-order valence-corrected chi connectivity index (χ0v) is 21.0. The van der Waals surface area contributed by atoms with E-state index in [1.807, 2.05) is 57.2 Å². The van der Waals surface area contributed by atoms with Gasteiger partial charge in [0.25, 0.3) is 5.91 Å². The zero-order valence-electron chi connectivity index (χ0n) is 21.0. The first-order chi connectivity index (χ1) is 16.7. The van der Waals surface area contributed by atoms with Gasteiger partial charge in [0.05, 0.1) is 11.2 Å². The number of amides is 3. The van der Waals surface area contributed by atoms with Gasteiger partial charge >= 0.3 is 6.03 Å². The van der Waals surface area contributed by atoms with E-state index in [-0.39, 0.29) is 18.5 Å². The summed E-state index contributed by atoms with van der Waals surface area (Å²) in [6.45, 7) is 13.5. The van der Waals surface area contributed by atoms with Crippen LogP contribution in [0.15, 0.2) is 49.0 Å². The number of urea groups is 1. The van der Waals surface area contributed by atoms with Crippen molar-refractivity contribution in [3.8, 4) is 5.75 Å². The van der Waals surface area contributed by atoms with Gasteiger partial charge in [-0.05, 0) is 82.1 Å². The molecule has 0 radical (unpaired) electrons. The monoisotopic (exact) mass is 476 g/mol. The molecule has 3 amide bonds. The third-order valence-electron chi connectivity index (χ3n) is 6.75. The Morgan fingerprint density at radius 2 is 1.86 bits per heavy atom. The molecule has 1 fully saturated rings. The molecule has 1 saturated heterocycles. The molecule has 0 unspecified atom stereocenters. The topological polar surface area (TPSA) is 73.9 Å². The minimum atomic E-state index is -0.594. The summed E-state index contributed by atoms with van der Waals surface area (Å²) in [6.07, 6.45) is 3.71. The highest BCUT2D eigenvalue weighted by atomic mass is 16.5. The Bertz CT molecular complexity index is 1110. The molecule has 0 saturated carbocycles. The largest absolute Gasteiger partial charge is 0.482 e. The first kappa shape index (κ1) is 24.8. The Morgan fingerprint density at radius 3 is 2.60 bits per heavy atom. The van der Waals surface area contributed by atoms with Crippen LogP contribution in [0.4, 0.5) is 16.2 Å². The molecule has 2 aromatic rings. The van der Waals surface area contributed by atoms with Crippen molar-refractivity contribution in [1.29, 1.82) is 0 Å². The molecule has 2 aliphatic rings. The number of hydrogen-bond donors (Lipinski definition) is 2. The van der Waals surface area contributed by atoms with Crippen LogP contribution in [0, 0.1) is 0 Å². The number of piperidine rings is 1. The standard InChI is InChI=1S/C28H36N4O3/c1-20(2)21-9-8-10-22(17-21)28(3,4)30-27(34)29-23-11-12-25-24(18-23)32(26(33)19-35-25)16-15-31-13-6-5-7-14-31/h8-12,17-18H,1,5-7,13-16,19H2,2-4H3,(H2,29,30,34). The fourth-order valence-corrected chi connectivity index (χ4v) is 4.64. The third kappa shape index (κ3) is 6.03. The van der Waals surface area contributed by atoms with Gasteiger partial charge in [0.15, 0.2) is 6.61 Å². The van der Waals surface area contributed by atoms with E-state index >= 15 is 0 Å². The summed E-state index contributed by atoms with van der Waals surface area (Å²) in [7, 11) is 0. The number of benzene rings is 2. The Kier molecular flexibility index (Phi) is 7.45. The molecule has 2 N–H and O–H groups in total. The van der Waals surface area contributed by atoms with Gasteiger partial charge in [0, 0.05) is 18.8 Å². The number of anilines is 2. The molecule has 0 aromatic heterocycles. The summed E-state index contributed by atoms with van der Waals surface area (Å²) in [4.78, 5) is 29.8. The maximum Gasteiger partial charge on any atom is 0.319 e. The molecule has 0 bridgehead atoms. The lowest BCUT2D eigenvalue weighted by atomic mass is 9.92. The maximum absolute atomic E-state index is 12.9. The molecule has 0 spiro atoms. The molecule has 4 rings (SSSR count). The minimum absolute atomic E-state index is 0.0394. The molecule has 186 valence electrons. The smallest absolute Gasteiger partial charge is 0.319 e. The summed E-state index contributed by atoms with van der Waals surface area (Å²) in [5.74, 6) is 0.598. The minimum Gasteiger partial charge on any atom is -0.482 e. The number of allylic oxidation sites excluding steroid dienone is 1. The lowest BCUT2D eigenvalue weighted by Crippen LogP contribution is -2.44. The van der Waals surface area contributed by atoms with Crippen LogP contribution in [-0.2, 0) is 10.3 Å². The summed E-state index contributed by atoms with van der Waals surface area (Å²) >= 11 is 0. The molecule has 35 heavy (non-hydrogen) atoms. The summed E-state index contributed by atoms with van der Waals surface area (Å²) in [6, 6.07) is 13.1. The predicted molar refractivity (Wildman–Crippen MR) is 141 cm³/mol. The Balaban J connectivity index is 1.44. The van der Waals surface area contributed by atoms with E-state index < -0.39 is 5.54 Å². The van der Waals surface area contributed by atoms with Crippen LogP contribution in [0.25, 0.3) is 5.57 Å². The predicted octanol–water partition coefficient (Wildman–Crippen LogP) is 4.99. The second kappa shape index (κ2) is 10.5. The Morgan fingerprint density at radius 1 is 1.09 bits per heavy atom. The van der Waals surface area contributed by atoms with Crippen molar-refractivity contribution < 1.29 is 14.3 Å². The zero-order chi connectivity index (χ0) is 25.0. The van der Waals surface area contributed by atoms with Crippen molar-refractivity contribution >= 4 is 28.9 Å². The second-order valence-corrected chi connectivity index (χ2v) is 9.98. The Labute approximate surface area is 208 Å². The van der Waals surface area contributed by atoms with E-state index in [0.29, 0.717) is 23.7 Å². The van der Waals surface area contributed by atoms with Gasteiger partial charge in [-0.3, -0.25) is 4.79 Å². The molecule has 0 atom stereocenters. The normalized spacial score (nSPS) is 16.3. The molecule has 2 heterocycles. The molecule has 2 aromatic carbocycles. The highest BCUT2D eigenvalue weighted by molar-refractivity contribution is 5.99. The van der Waals surface area contributed by atoms with Gasteiger partial charge in [-0.2, -0.15) is 0 Å². The van der Waals surface area contributed by atoms with E-state index in [4.69, 9.17) is 4.74 Å². The quantitative estimate of drug-likeness (QED) is 0.591. The number of carbonyl (C=O) groups is 2. The number of rotatable bonds is 7.